The monoisotopic (exact) mass is 313 g/mol. The Kier molecular flexibility index (Phi) is 5.60. The fourth-order valence-electron chi connectivity index (χ4n) is 1.48. The van der Waals surface area contributed by atoms with Crippen LogP contribution in [0.15, 0.2) is 24.3 Å². The molecular formula is C14H23N3O3S. The summed E-state index contributed by atoms with van der Waals surface area (Å²) in [5, 5.41) is 7.10. The Labute approximate surface area is 126 Å². The molecule has 0 aromatic heterocycles. The van der Waals surface area contributed by atoms with Crippen molar-refractivity contribution in [2.45, 2.75) is 27.2 Å². The minimum absolute atomic E-state index is 0.0276. The molecule has 0 unspecified atom stereocenters. The average molecular weight is 313 g/mol. The van der Waals surface area contributed by atoms with Crippen molar-refractivity contribution < 1.29 is 13.2 Å². The van der Waals surface area contributed by atoms with Crippen LogP contribution in [0.1, 0.15) is 27.2 Å². The number of hydrogen-bond acceptors (Lipinski definition) is 4. The van der Waals surface area contributed by atoms with Gasteiger partial charge in [-0.2, -0.15) is 0 Å². The minimum atomic E-state index is -3.39. The van der Waals surface area contributed by atoms with Crippen LogP contribution in [-0.2, 0) is 10.0 Å². The molecule has 1 aromatic rings. The standard InChI is InChI=1S/C14H23N3O3S/c1-14(2,3)7-8-21(18,19)17-11-5-4-6-12(9-11)20-10-13(15)16/h4-6,9,17H,7-8,10H2,1-3H3,(H3,15,16). The second kappa shape index (κ2) is 6.80. The molecule has 0 saturated heterocycles. The van der Waals surface area contributed by atoms with Gasteiger partial charge < -0.3 is 10.5 Å². The van der Waals surface area contributed by atoms with Gasteiger partial charge in [-0.25, -0.2) is 8.42 Å². The van der Waals surface area contributed by atoms with Crippen LogP contribution in [0.4, 0.5) is 5.69 Å². The summed E-state index contributed by atoms with van der Waals surface area (Å²) in [6, 6.07) is 6.57. The second-order valence-electron chi connectivity index (χ2n) is 6.07. The summed E-state index contributed by atoms with van der Waals surface area (Å²) in [5.74, 6) is 0.432. The molecule has 0 fully saturated rings. The Hall–Kier alpha value is -1.76. The molecule has 0 aliphatic carbocycles. The van der Waals surface area contributed by atoms with Gasteiger partial charge in [-0.1, -0.05) is 26.8 Å². The van der Waals surface area contributed by atoms with Gasteiger partial charge in [-0.15, -0.1) is 0 Å². The van der Waals surface area contributed by atoms with Gasteiger partial charge in [0, 0.05) is 6.07 Å². The summed E-state index contributed by atoms with van der Waals surface area (Å²) in [6.07, 6.45) is 0.572. The Morgan fingerprint density at radius 1 is 1.38 bits per heavy atom. The number of nitrogens with two attached hydrogens (primary N) is 1. The zero-order valence-electron chi connectivity index (χ0n) is 12.6. The molecule has 7 heteroatoms. The summed E-state index contributed by atoms with van der Waals surface area (Å²) in [5.41, 5.74) is 5.60. The number of sulfonamides is 1. The molecule has 0 heterocycles. The first kappa shape index (κ1) is 17.3. The normalized spacial score (nSPS) is 12.0. The Bertz CT molecular complexity index is 592. The van der Waals surface area contributed by atoms with Crippen LogP contribution in [0, 0.1) is 10.8 Å². The maximum atomic E-state index is 12.0. The summed E-state index contributed by atoms with van der Waals surface area (Å²) in [7, 11) is -3.39. The van der Waals surface area contributed by atoms with Crippen molar-refractivity contribution in [1.82, 2.24) is 0 Å². The van der Waals surface area contributed by atoms with Crippen LogP contribution < -0.4 is 15.2 Å². The molecule has 1 rings (SSSR count). The van der Waals surface area contributed by atoms with Crippen molar-refractivity contribution in [2.75, 3.05) is 17.1 Å². The van der Waals surface area contributed by atoms with Crippen LogP contribution in [0.2, 0.25) is 0 Å². The van der Waals surface area contributed by atoms with Gasteiger partial charge in [0.15, 0.2) is 0 Å². The number of ether oxygens (including phenoxy) is 1. The molecule has 0 atom stereocenters. The molecule has 0 radical (unpaired) electrons. The molecule has 4 N–H and O–H groups in total. The van der Waals surface area contributed by atoms with E-state index in [4.69, 9.17) is 15.9 Å². The number of anilines is 1. The average Bonchev–Trinajstić information content (AvgIpc) is 2.33. The van der Waals surface area contributed by atoms with Gasteiger partial charge in [0.1, 0.15) is 18.2 Å². The van der Waals surface area contributed by atoms with Crippen LogP contribution in [-0.4, -0.2) is 26.6 Å². The zero-order chi connectivity index (χ0) is 16.1. The van der Waals surface area contributed by atoms with Gasteiger partial charge >= 0.3 is 0 Å². The molecule has 0 aliphatic heterocycles. The maximum Gasteiger partial charge on any atom is 0.232 e. The molecule has 1 aromatic carbocycles. The largest absolute Gasteiger partial charge is 0.486 e. The summed E-state index contributed by atoms with van der Waals surface area (Å²) in [6.45, 7) is 5.97. The Morgan fingerprint density at radius 2 is 2.05 bits per heavy atom. The molecule has 0 amide bonds. The predicted molar refractivity (Wildman–Crippen MR) is 85.3 cm³/mol. The molecule has 0 saturated carbocycles. The van der Waals surface area contributed by atoms with Crippen molar-refractivity contribution >= 4 is 21.5 Å². The van der Waals surface area contributed by atoms with Crippen molar-refractivity contribution in [3.8, 4) is 5.75 Å². The molecule has 0 aliphatic rings. The van der Waals surface area contributed by atoms with E-state index in [1.807, 2.05) is 20.8 Å². The summed E-state index contributed by atoms with van der Waals surface area (Å²) in [4.78, 5) is 0. The maximum absolute atomic E-state index is 12.0. The van der Waals surface area contributed by atoms with E-state index in [9.17, 15) is 8.42 Å². The topological polar surface area (TPSA) is 105 Å². The van der Waals surface area contributed by atoms with E-state index in [1.54, 1.807) is 24.3 Å². The molecule has 0 bridgehead atoms. The summed E-state index contributed by atoms with van der Waals surface area (Å²) < 4.78 is 31.8. The Balaban J connectivity index is 2.69. The fraction of sp³-hybridized carbons (Fsp3) is 0.500. The van der Waals surface area contributed by atoms with Gasteiger partial charge in [-0.3, -0.25) is 10.1 Å². The lowest BCUT2D eigenvalue weighted by Crippen LogP contribution is -2.21. The third kappa shape index (κ3) is 7.55. The fourth-order valence-corrected chi connectivity index (χ4v) is 2.95. The summed E-state index contributed by atoms with van der Waals surface area (Å²) >= 11 is 0. The smallest absolute Gasteiger partial charge is 0.232 e. The molecule has 21 heavy (non-hydrogen) atoms. The SMILES string of the molecule is CC(C)(C)CCS(=O)(=O)Nc1cccc(OCC(=N)N)c1. The highest BCUT2D eigenvalue weighted by molar-refractivity contribution is 7.92. The van der Waals surface area contributed by atoms with Crippen LogP contribution in [0.5, 0.6) is 5.75 Å². The van der Waals surface area contributed by atoms with E-state index in [-0.39, 0.29) is 23.6 Å². The first-order chi connectivity index (χ1) is 9.57. The van der Waals surface area contributed by atoms with E-state index < -0.39 is 10.0 Å². The molecular weight excluding hydrogens is 290 g/mol. The van der Waals surface area contributed by atoms with E-state index in [0.29, 0.717) is 17.9 Å². The molecule has 118 valence electrons. The second-order valence-corrected chi connectivity index (χ2v) is 7.92. The quantitative estimate of drug-likeness (QED) is 0.530. The van der Waals surface area contributed by atoms with E-state index >= 15 is 0 Å². The predicted octanol–water partition coefficient (Wildman–Crippen LogP) is 2.18. The van der Waals surface area contributed by atoms with Crippen LogP contribution in [0.25, 0.3) is 0 Å². The van der Waals surface area contributed by atoms with E-state index in [0.717, 1.165) is 0 Å². The van der Waals surface area contributed by atoms with Crippen molar-refractivity contribution in [3.63, 3.8) is 0 Å². The third-order valence-corrected chi connectivity index (χ3v) is 3.91. The van der Waals surface area contributed by atoms with Crippen molar-refractivity contribution in [2.24, 2.45) is 11.1 Å². The highest BCUT2D eigenvalue weighted by Gasteiger charge is 2.17. The van der Waals surface area contributed by atoms with Gasteiger partial charge in [0.25, 0.3) is 0 Å². The van der Waals surface area contributed by atoms with E-state index in [2.05, 4.69) is 4.72 Å². The lowest BCUT2D eigenvalue weighted by atomic mass is 9.94. The zero-order valence-corrected chi connectivity index (χ0v) is 13.5. The van der Waals surface area contributed by atoms with Crippen molar-refractivity contribution in [3.05, 3.63) is 24.3 Å². The van der Waals surface area contributed by atoms with Gasteiger partial charge in [0.2, 0.25) is 10.0 Å². The minimum Gasteiger partial charge on any atom is -0.486 e. The molecule has 6 nitrogen and oxygen atoms in total. The van der Waals surface area contributed by atoms with Crippen LogP contribution >= 0.6 is 0 Å². The first-order valence-corrected chi connectivity index (χ1v) is 8.29. The lowest BCUT2D eigenvalue weighted by Gasteiger charge is -2.18. The van der Waals surface area contributed by atoms with Crippen molar-refractivity contribution in [1.29, 1.82) is 5.41 Å². The third-order valence-electron chi connectivity index (χ3n) is 2.62. The number of amidine groups is 1. The van der Waals surface area contributed by atoms with Gasteiger partial charge in [-0.05, 0) is 24.0 Å². The number of benzene rings is 1. The van der Waals surface area contributed by atoms with E-state index in [1.165, 1.54) is 0 Å². The molecule has 0 spiro atoms. The number of hydrogen-bond donors (Lipinski definition) is 3. The highest BCUT2D eigenvalue weighted by Crippen LogP contribution is 2.22. The highest BCUT2D eigenvalue weighted by atomic mass is 32.2. The number of rotatable bonds is 7. The number of nitrogens with one attached hydrogen (secondary N) is 2. The Morgan fingerprint density at radius 3 is 2.62 bits per heavy atom. The first-order valence-electron chi connectivity index (χ1n) is 6.64. The lowest BCUT2D eigenvalue weighted by molar-refractivity contribution is 0.374. The van der Waals surface area contributed by atoms with Crippen LogP contribution in [0.3, 0.4) is 0 Å². The van der Waals surface area contributed by atoms with Gasteiger partial charge in [0.05, 0.1) is 11.4 Å².